The van der Waals surface area contributed by atoms with E-state index < -0.39 is 0 Å². The van der Waals surface area contributed by atoms with Crippen LogP contribution >= 0.6 is 11.8 Å². The van der Waals surface area contributed by atoms with E-state index in [9.17, 15) is 0 Å². The molecule has 0 radical (unpaired) electrons. The topological polar surface area (TPSA) is 112 Å². The van der Waals surface area contributed by atoms with Crippen LogP contribution in [0.5, 0.6) is 0 Å². The van der Waals surface area contributed by atoms with Gasteiger partial charge in [-0.05, 0) is 26.0 Å². The van der Waals surface area contributed by atoms with Crippen molar-refractivity contribution < 1.29 is 5.11 Å². The molecule has 5 N–H and O–H groups in total. The van der Waals surface area contributed by atoms with Gasteiger partial charge in [0.1, 0.15) is 0 Å². The van der Waals surface area contributed by atoms with E-state index >= 15 is 0 Å². The number of aromatic nitrogens is 3. The number of nitrogens with one attached hydrogen (secondary N) is 2. The van der Waals surface area contributed by atoms with Gasteiger partial charge in [-0.15, -0.1) is 0 Å². The summed E-state index contributed by atoms with van der Waals surface area (Å²) in [5, 5.41) is 11.9. The van der Waals surface area contributed by atoms with Crippen LogP contribution in [0.1, 0.15) is 20.3 Å². The average molecular weight is 315 g/mol. The van der Waals surface area contributed by atoms with Gasteiger partial charge in [0.15, 0.2) is 0 Å². The van der Waals surface area contributed by atoms with Crippen molar-refractivity contribution in [2.75, 3.05) is 53.4 Å². The van der Waals surface area contributed by atoms with Crippen molar-refractivity contribution in [2.24, 2.45) is 5.84 Å². The first kappa shape index (κ1) is 17.7. The first-order valence-corrected chi connectivity index (χ1v) is 8.30. The van der Waals surface area contributed by atoms with Crippen molar-refractivity contribution in [1.82, 2.24) is 15.0 Å². The maximum Gasteiger partial charge on any atom is 0.243 e. The van der Waals surface area contributed by atoms with E-state index in [4.69, 9.17) is 10.9 Å². The molecule has 1 aromatic rings. The monoisotopic (exact) mass is 315 g/mol. The van der Waals surface area contributed by atoms with E-state index in [1.165, 1.54) is 0 Å². The lowest BCUT2D eigenvalue weighted by Crippen LogP contribution is -2.26. The van der Waals surface area contributed by atoms with Crippen LogP contribution in [0.2, 0.25) is 0 Å². The van der Waals surface area contributed by atoms with Crippen LogP contribution in [0.25, 0.3) is 0 Å². The molecule has 0 spiro atoms. The summed E-state index contributed by atoms with van der Waals surface area (Å²) in [4.78, 5) is 14.9. The van der Waals surface area contributed by atoms with Gasteiger partial charge in [0.2, 0.25) is 17.8 Å². The number of rotatable bonds is 11. The zero-order valence-electron chi connectivity index (χ0n) is 12.7. The van der Waals surface area contributed by atoms with E-state index in [-0.39, 0.29) is 6.61 Å². The molecule has 0 fully saturated rings. The van der Waals surface area contributed by atoms with E-state index in [1.54, 1.807) is 11.8 Å². The van der Waals surface area contributed by atoms with Crippen molar-refractivity contribution in [1.29, 1.82) is 0 Å². The van der Waals surface area contributed by atoms with Crippen LogP contribution < -0.4 is 21.5 Å². The number of aliphatic hydroxyl groups is 1. The van der Waals surface area contributed by atoms with Crippen molar-refractivity contribution in [3.8, 4) is 0 Å². The van der Waals surface area contributed by atoms with Gasteiger partial charge in [-0.25, -0.2) is 5.84 Å². The van der Waals surface area contributed by atoms with Gasteiger partial charge >= 0.3 is 0 Å². The molecule has 0 saturated heterocycles. The molecule has 1 rings (SSSR count). The van der Waals surface area contributed by atoms with Gasteiger partial charge < -0.3 is 15.3 Å². The fourth-order valence-corrected chi connectivity index (χ4v) is 2.44. The molecule has 0 aromatic carbocycles. The van der Waals surface area contributed by atoms with Gasteiger partial charge in [0, 0.05) is 32.0 Å². The summed E-state index contributed by atoms with van der Waals surface area (Å²) in [7, 11) is 0. The zero-order valence-corrected chi connectivity index (χ0v) is 13.5. The summed E-state index contributed by atoms with van der Waals surface area (Å²) in [6, 6.07) is 0. The largest absolute Gasteiger partial charge is 0.396 e. The smallest absolute Gasteiger partial charge is 0.243 e. The molecule has 0 aliphatic rings. The number of thioether (sulfide) groups is 1. The number of hydrogen-bond acceptors (Lipinski definition) is 9. The number of nitrogens with two attached hydrogens (primary N) is 1. The first-order valence-electron chi connectivity index (χ1n) is 7.15. The molecule has 0 bridgehead atoms. The number of aliphatic hydroxyl groups excluding tert-OH is 1. The predicted octanol–water partition coefficient (Wildman–Crippen LogP) is 0.531. The summed E-state index contributed by atoms with van der Waals surface area (Å²) >= 11 is 1.78. The molecule has 1 heterocycles. The van der Waals surface area contributed by atoms with E-state index in [2.05, 4.69) is 25.7 Å². The van der Waals surface area contributed by atoms with Crippen LogP contribution in [-0.4, -0.2) is 57.8 Å². The molecular weight excluding hydrogens is 290 g/mol. The summed E-state index contributed by atoms with van der Waals surface area (Å²) in [5.74, 6) is 8.76. The maximum atomic E-state index is 8.71. The summed E-state index contributed by atoms with van der Waals surface area (Å²) in [6.45, 7) is 6.73. The van der Waals surface area contributed by atoms with Crippen LogP contribution in [0.4, 0.5) is 17.8 Å². The number of hydrazine groups is 1. The predicted molar refractivity (Wildman–Crippen MR) is 88.7 cm³/mol. The lowest BCUT2D eigenvalue weighted by atomic mass is 10.5. The van der Waals surface area contributed by atoms with E-state index in [1.807, 2.05) is 18.7 Å². The minimum Gasteiger partial charge on any atom is -0.396 e. The number of nitrogen functional groups attached to an aromatic ring is 1. The van der Waals surface area contributed by atoms with Gasteiger partial charge in [0.05, 0.1) is 0 Å². The maximum absolute atomic E-state index is 8.71. The van der Waals surface area contributed by atoms with Crippen LogP contribution in [0.15, 0.2) is 0 Å². The van der Waals surface area contributed by atoms with Gasteiger partial charge in [-0.3, -0.25) is 5.43 Å². The Balaban J connectivity index is 2.58. The second kappa shape index (κ2) is 10.4. The molecule has 0 unspecified atom stereocenters. The highest BCUT2D eigenvalue weighted by Crippen LogP contribution is 2.13. The molecule has 0 aliphatic carbocycles. The van der Waals surface area contributed by atoms with E-state index in [0.29, 0.717) is 17.8 Å². The third-order valence-corrected chi connectivity index (χ3v) is 3.85. The lowest BCUT2D eigenvalue weighted by molar-refractivity contribution is 0.296. The molecule has 0 saturated carbocycles. The number of nitrogens with zero attached hydrogens (tertiary/aromatic N) is 4. The highest BCUT2D eigenvalue weighted by Gasteiger charge is 2.10. The Hall–Kier alpha value is -1.32. The Morgan fingerprint density at radius 2 is 1.86 bits per heavy atom. The summed E-state index contributed by atoms with van der Waals surface area (Å²) < 4.78 is 0. The Morgan fingerprint density at radius 1 is 1.14 bits per heavy atom. The molecule has 21 heavy (non-hydrogen) atoms. The number of hydrogen-bond donors (Lipinski definition) is 4. The molecule has 9 heteroatoms. The minimum atomic E-state index is 0.243. The molecule has 1 aromatic heterocycles. The van der Waals surface area contributed by atoms with Gasteiger partial charge in [-0.1, -0.05) is 0 Å². The van der Waals surface area contributed by atoms with Gasteiger partial charge in [-0.2, -0.15) is 26.7 Å². The van der Waals surface area contributed by atoms with Crippen molar-refractivity contribution in [3.05, 3.63) is 0 Å². The molecule has 0 aliphatic heterocycles. The minimum absolute atomic E-state index is 0.243. The normalized spacial score (nSPS) is 10.5. The zero-order chi connectivity index (χ0) is 15.5. The lowest BCUT2D eigenvalue weighted by Gasteiger charge is -2.19. The highest BCUT2D eigenvalue weighted by molar-refractivity contribution is 7.99. The first-order chi connectivity index (χ1) is 10.2. The van der Waals surface area contributed by atoms with Crippen LogP contribution in [-0.2, 0) is 0 Å². The number of anilines is 3. The third kappa shape index (κ3) is 6.32. The van der Waals surface area contributed by atoms with Crippen LogP contribution in [0, 0.1) is 0 Å². The van der Waals surface area contributed by atoms with Crippen molar-refractivity contribution >= 4 is 29.6 Å². The Labute approximate surface area is 129 Å². The Morgan fingerprint density at radius 3 is 2.48 bits per heavy atom. The molecule has 0 amide bonds. The molecule has 0 atom stereocenters. The van der Waals surface area contributed by atoms with Crippen LogP contribution in [0.3, 0.4) is 0 Å². The summed E-state index contributed by atoms with van der Waals surface area (Å²) in [6.07, 6.45) is 0.823. The SMILES string of the molecule is CCN(CC)c1nc(NN)nc(NCCSCCCO)n1. The molecule has 8 nitrogen and oxygen atoms in total. The quantitative estimate of drug-likeness (QED) is 0.264. The fourth-order valence-electron chi connectivity index (χ4n) is 1.66. The van der Waals surface area contributed by atoms with E-state index in [0.717, 1.165) is 37.6 Å². The Bertz CT molecular complexity index is 403. The average Bonchev–Trinajstić information content (AvgIpc) is 2.51. The Kier molecular flexibility index (Phi) is 8.79. The summed E-state index contributed by atoms with van der Waals surface area (Å²) in [5.41, 5.74) is 2.47. The van der Waals surface area contributed by atoms with Crippen molar-refractivity contribution in [2.45, 2.75) is 20.3 Å². The second-order valence-corrected chi connectivity index (χ2v) is 5.44. The highest BCUT2D eigenvalue weighted by atomic mass is 32.2. The van der Waals surface area contributed by atoms with Crippen molar-refractivity contribution in [3.63, 3.8) is 0 Å². The third-order valence-electron chi connectivity index (χ3n) is 2.78. The standard InChI is InChI=1S/C12H25N7OS/c1-3-19(4-2)12-16-10(15-11(17-12)18-13)14-6-9-21-8-5-7-20/h20H,3-9,13H2,1-2H3,(H2,14,15,16,17,18). The fraction of sp³-hybridized carbons (Fsp3) is 0.750. The second-order valence-electron chi connectivity index (χ2n) is 4.22. The molecular formula is C12H25N7OS. The van der Waals surface area contributed by atoms with Gasteiger partial charge in [0.25, 0.3) is 0 Å². The molecule has 120 valence electrons.